The second-order valence-electron chi connectivity index (χ2n) is 4.62. The molecule has 3 heteroatoms. The lowest BCUT2D eigenvalue weighted by molar-refractivity contribution is -0.0274. The summed E-state index contributed by atoms with van der Waals surface area (Å²) >= 11 is 0. The molecule has 0 aromatic carbocycles. The van der Waals surface area contributed by atoms with Crippen molar-refractivity contribution in [3.8, 4) is 0 Å². The maximum absolute atomic E-state index is 11.8. The topological polar surface area (TPSA) is 39.2 Å². The van der Waals surface area contributed by atoms with E-state index in [2.05, 4.69) is 4.98 Å². The molecule has 0 saturated heterocycles. The summed E-state index contributed by atoms with van der Waals surface area (Å²) in [6.07, 6.45) is 7.08. The van der Waals surface area contributed by atoms with E-state index in [4.69, 9.17) is 4.74 Å². The number of pyridine rings is 1. The third-order valence-electron chi connectivity index (χ3n) is 3.12. The molecule has 1 aromatic rings. The first-order valence-corrected chi connectivity index (χ1v) is 5.84. The molecule has 16 heavy (non-hydrogen) atoms. The standard InChI is InChI=1S/C13H17NO2/c1-13(8-4-2-5-9-13)16-12(15)11-7-3-6-10-14-11/h3,6-7,10H,2,4-5,8-9H2,1H3. The van der Waals surface area contributed by atoms with Crippen LogP contribution in [0.3, 0.4) is 0 Å². The first-order valence-electron chi connectivity index (χ1n) is 5.84. The number of aromatic nitrogens is 1. The Hall–Kier alpha value is -1.38. The van der Waals surface area contributed by atoms with Crippen molar-refractivity contribution >= 4 is 5.97 Å². The van der Waals surface area contributed by atoms with Crippen LogP contribution in [0.15, 0.2) is 24.4 Å². The molecule has 0 amide bonds. The molecule has 3 nitrogen and oxygen atoms in total. The Bertz CT molecular complexity index is 355. The molecule has 0 radical (unpaired) electrons. The minimum absolute atomic E-state index is 0.285. The maximum atomic E-state index is 11.8. The molecule has 2 rings (SSSR count). The van der Waals surface area contributed by atoms with Crippen LogP contribution >= 0.6 is 0 Å². The lowest BCUT2D eigenvalue weighted by atomic mass is 9.86. The molecule has 1 fully saturated rings. The predicted octanol–water partition coefficient (Wildman–Crippen LogP) is 2.96. The van der Waals surface area contributed by atoms with Crippen molar-refractivity contribution < 1.29 is 9.53 Å². The van der Waals surface area contributed by atoms with Crippen molar-refractivity contribution in [1.29, 1.82) is 0 Å². The fraction of sp³-hybridized carbons (Fsp3) is 0.538. The molecule has 1 aliphatic rings. The number of ether oxygens (including phenoxy) is 1. The Balaban J connectivity index is 2.01. The van der Waals surface area contributed by atoms with Crippen molar-refractivity contribution in [3.63, 3.8) is 0 Å². The summed E-state index contributed by atoms with van der Waals surface area (Å²) in [6, 6.07) is 5.28. The van der Waals surface area contributed by atoms with Crippen LogP contribution in [0.5, 0.6) is 0 Å². The Morgan fingerprint density at radius 2 is 2.06 bits per heavy atom. The van der Waals surface area contributed by atoms with Crippen LogP contribution in [-0.2, 0) is 4.74 Å². The predicted molar refractivity (Wildman–Crippen MR) is 61.1 cm³/mol. The van der Waals surface area contributed by atoms with E-state index >= 15 is 0 Å². The minimum Gasteiger partial charge on any atom is -0.455 e. The van der Waals surface area contributed by atoms with E-state index in [-0.39, 0.29) is 11.6 Å². The molecule has 0 aliphatic heterocycles. The van der Waals surface area contributed by atoms with Crippen LogP contribution in [0.4, 0.5) is 0 Å². The SMILES string of the molecule is CC1(OC(=O)c2ccccn2)CCCCC1. The van der Waals surface area contributed by atoms with Gasteiger partial charge < -0.3 is 4.74 Å². The highest BCUT2D eigenvalue weighted by Crippen LogP contribution is 2.31. The summed E-state index contributed by atoms with van der Waals surface area (Å²) in [6.45, 7) is 2.02. The monoisotopic (exact) mass is 219 g/mol. The van der Waals surface area contributed by atoms with E-state index in [0.29, 0.717) is 5.69 Å². The average molecular weight is 219 g/mol. The van der Waals surface area contributed by atoms with Gasteiger partial charge in [-0.2, -0.15) is 0 Å². The molecule has 0 bridgehead atoms. The third kappa shape index (κ3) is 2.60. The zero-order valence-corrected chi connectivity index (χ0v) is 9.61. The highest BCUT2D eigenvalue weighted by Gasteiger charge is 2.31. The van der Waals surface area contributed by atoms with Crippen molar-refractivity contribution in [2.75, 3.05) is 0 Å². The highest BCUT2D eigenvalue weighted by atomic mass is 16.6. The average Bonchev–Trinajstić information content (AvgIpc) is 2.30. The largest absolute Gasteiger partial charge is 0.455 e. The lowest BCUT2D eigenvalue weighted by Gasteiger charge is -2.32. The van der Waals surface area contributed by atoms with Gasteiger partial charge in [-0.15, -0.1) is 0 Å². The number of carbonyl (C=O) groups is 1. The molecule has 1 aliphatic carbocycles. The van der Waals surface area contributed by atoms with Crippen molar-refractivity contribution in [2.45, 2.75) is 44.6 Å². The Morgan fingerprint density at radius 1 is 1.31 bits per heavy atom. The van der Waals surface area contributed by atoms with Crippen LogP contribution < -0.4 is 0 Å². The number of hydrogen-bond acceptors (Lipinski definition) is 3. The van der Waals surface area contributed by atoms with Crippen molar-refractivity contribution in [1.82, 2.24) is 4.98 Å². The quantitative estimate of drug-likeness (QED) is 0.718. The second kappa shape index (κ2) is 4.64. The van der Waals surface area contributed by atoms with E-state index in [1.807, 2.05) is 6.92 Å². The molecular weight excluding hydrogens is 202 g/mol. The van der Waals surface area contributed by atoms with E-state index in [0.717, 1.165) is 25.7 Å². The molecule has 86 valence electrons. The zero-order chi connectivity index (χ0) is 11.4. The van der Waals surface area contributed by atoms with Crippen LogP contribution in [-0.4, -0.2) is 16.6 Å². The number of hydrogen-bond donors (Lipinski definition) is 0. The summed E-state index contributed by atoms with van der Waals surface area (Å²) in [5.74, 6) is -0.301. The summed E-state index contributed by atoms with van der Waals surface area (Å²) in [7, 11) is 0. The molecule has 1 saturated carbocycles. The van der Waals surface area contributed by atoms with Crippen LogP contribution in [0.1, 0.15) is 49.5 Å². The summed E-state index contributed by atoms with van der Waals surface area (Å²) in [5, 5.41) is 0. The Morgan fingerprint density at radius 3 is 2.69 bits per heavy atom. The highest BCUT2D eigenvalue weighted by molar-refractivity contribution is 5.87. The Kier molecular flexibility index (Phi) is 3.22. The fourth-order valence-corrected chi connectivity index (χ4v) is 2.16. The van der Waals surface area contributed by atoms with Gasteiger partial charge in [0.2, 0.25) is 0 Å². The van der Waals surface area contributed by atoms with Gasteiger partial charge in [-0.05, 0) is 44.7 Å². The van der Waals surface area contributed by atoms with Crippen molar-refractivity contribution in [2.24, 2.45) is 0 Å². The van der Waals surface area contributed by atoms with Gasteiger partial charge in [0, 0.05) is 6.20 Å². The molecule has 0 spiro atoms. The van der Waals surface area contributed by atoms with Gasteiger partial charge in [-0.25, -0.2) is 9.78 Å². The summed E-state index contributed by atoms with van der Waals surface area (Å²) < 4.78 is 5.56. The normalized spacial score (nSPS) is 19.1. The number of rotatable bonds is 2. The first-order chi connectivity index (χ1) is 7.70. The number of esters is 1. The van der Waals surface area contributed by atoms with Crippen LogP contribution in [0.2, 0.25) is 0 Å². The lowest BCUT2D eigenvalue weighted by Crippen LogP contribution is -2.34. The van der Waals surface area contributed by atoms with Gasteiger partial charge in [-0.3, -0.25) is 0 Å². The molecule has 0 N–H and O–H groups in total. The minimum atomic E-state index is -0.301. The van der Waals surface area contributed by atoms with E-state index in [1.54, 1.807) is 24.4 Å². The van der Waals surface area contributed by atoms with E-state index in [9.17, 15) is 4.79 Å². The van der Waals surface area contributed by atoms with Gasteiger partial charge in [-0.1, -0.05) is 12.5 Å². The van der Waals surface area contributed by atoms with Crippen LogP contribution in [0, 0.1) is 0 Å². The molecular formula is C13H17NO2. The van der Waals surface area contributed by atoms with Gasteiger partial charge in [0.25, 0.3) is 0 Å². The number of nitrogens with zero attached hydrogens (tertiary/aromatic N) is 1. The van der Waals surface area contributed by atoms with Gasteiger partial charge in [0.05, 0.1) is 0 Å². The molecule has 1 heterocycles. The zero-order valence-electron chi connectivity index (χ0n) is 9.61. The second-order valence-corrected chi connectivity index (χ2v) is 4.62. The summed E-state index contributed by atoms with van der Waals surface area (Å²) in [4.78, 5) is 15.8. The molecule has 0 unspecified atom stereocenters. The number of carbonyl (C=O) groups excluding carboxylic acids is 1. The fourth-order valence-electron chi connectivity index (χ4n) is 2.16. The van der Waals surface area contributed by atoms with Gasteiger partial charge in [0.15, 0.2) is 0 Å². The van der Waals surface area contributed by atoms with Crippen LogP contribution in [0.25, 0.3) is 0 Å². The first kappa shape index (κ1) is 11.1. The molecule has 1 aromatic heterocycles. The third-order valence-corrected chi connectivity index (χ3v) is 3.12. The molecule has 0 atom stereocenters. The van der Waals surface area contributed by atoms with E-state index < -0.39 is 0 Å². The smallest absolute Gasteiger partial charge is 0.357 e. The summed E-state index contributed by atoms with van der Waals surface area (Å²) in [5.41, 5.74) is 0.113. The van der Waals surface area contributed by atoms with Gasteiger partial charge >= 0.3 is 5.97 Å². The Labute approximate surface area is 95.8 Å². The van der Waals surface area contributed by atoms with Crippen molar-refractivity contribution in [3.05, 3.63) is 30.1 Å². The maximum Gasteiger partial charge on any atom is 0.357 e. The van der Waals surface area contributed by atoms with Gasteiger partial charge in [0.1, 0.15) is 11.3 Å². The van der Waals surface area contributed by atoms with E-state index in [1.165, 1.54) is 6.42 Å².